The molecule has 0 heterocycles. The van der Waals surface area contributed by atoms with E-state index in [2.05, 4.69) is 38.3 Å². The molecule has 0 aliphatic rings. The molecule has 0 saturated heterocycles. The van der Waals surface area contributed by atoms with Crippen LogP contribution in [0.5, 0.6) is 0 Å². The maximum atomic E-state index is 12.3. The van der Waals surface area contributed by atoms with Crippen LogP contribution in [0.4, 0.5) is 5.69 Å². The van der Waals surface area contributed by atoms with Crippen LogP contribution in [0.25, 0.3) is 0 Å². The Balaban J connectivity index is 1.90. The first-order valence-electron chi connectivity index (χ1n) is 8.11. The summed E-state index contributed by atoms with van der Waals surface area (Å²) < 4.78 is 1.01. The molecule has 0 spiro atoms. The second-order valence-electron chi connectivity index (χ2n) is 5.81. The van der Waals surface area contributed by atoms with Gasteiger partial charge in [-0.3, -0.25) is 9.69 Å². The van der Waals surface area contributed by atoms with Gasteiger partial charge in [0.05, 0.1) is 6.54 Å². The summed E-state index contributed by atoms with van der Waals surface area (Å²) in [6.45, 7) is 4.39. The van der Waals surface area contributed by atoms with E-state index in [0.717, 1.165) is 28.7 Å². The van der Waals surface area contributed by atoms with Crippen LogP contribution in [0.3, 0.4) is 0 Å². The minimum Gasteiger partial charge on any atom is -0.329 e. The van der Waals surface area contributed by atoms with Gasteiger partial charge in [-0.05, 0) is 42.7 Å². The molecular formula is C19H24BrN3O. The lowest BCUT2D eigenvalue weighted by Gasteiger charge is -2.21. The van der Waals surface area contributed by atoms with Crippen molar-refractivity contribution in [1.29, 1.82) is 0 Å². The Bertz CT molecular complexity index is 661. The fourth-order valence-corrected chi connectivity index (χ4v) is 3.02. The number of amides is 1. The summed E-state index contributed by atoms with van der Waals surface area (Å²) >= 11 is 3.43. The molecule has 128 valence electrons. The number of hydrogen-bond donors (Lipinski definition) is 2. The van der Waals surface area contributed by atoms with E-state index in [0.29, 0.717) is 19.6 Å². The lowest BCUT2D eigenvalue weighted by atomic mass is 10.1. The van der Waals surface area contributed by atoms with E-state index in [1.54, 1.807) is 0 Å². The summed E-state index contributed by atoms with van der Waals surface area (Å²) in [5.41, 5.74) is 8.84. The zero-order valence-corrected chi connectivity index (χ0v) is 15.6. The van der Waals surface area contributed by atoms with E-state index in [4.69, 9.17) is 5.73 Å². The van der Waals surface area contributed by atoms with Gasteiger partial charge < -0.3 is 11.1 Å². The van der Waals surface area contributed by atoms with Crippen LogP contribution in [0, 0.1) is 6.92 Å². The molecule has 0 fully saturated rings. The summed E-state index contributed by atoms with van der Waals surface area (Å²) in [4.78, 5) is 14.4. The molecule has 0 aliphatic carbocycles. The van der Waals surface area contributed by atoms with Crippen molar-refractivity contribution in [1.82, 2.24) is 4.90 Å². The zero-order chi connectivity index (χ0) is 17.4. The fourth-order valence-electron chi connectivity index (χ4n) is 2.54. The fraction of sp³-hybridized carbons (Fsp3) is 0.316. The number of nitrogens with one attached hydrogen (secondary N) is 1. The molecule has 0 radical (unpaired) electrons. The molecule has 0 aromatic heterocycles. The minimum atomic E-state index is -0.0121. The summed E-state index contributed by atoms with van der Waals surface area (Å²) in [5, 5.41) is 2.98. The number of hydrogen-bond acceptors (Lipinski definition) is 3. The summed E-state index contributed by atoms with van der Waals surface area (Å²) in [7, 11) is 0. The van der Waals surface area contributed by atoms with Crippen molar-refractivity contribution in [2.45, 2.75) is 13.3 Å². The van der Waals surface area contributed by atoms with Gasteiger partial charge in [-0.1, -0.05) is 46.3 Å². The maximum absolute atomic E-state index is 12.3. The Kier molecular flexibility index (Phi) is 7.43. The number of halogens is 1. The Hall–Kier alpha value is -1.69. The van der Waals surface area contributed by atoms with Gasteiger partial charge in [0.2, 0.25) is 5.91 Å². The highest BCUT2D eigenvalue weighted by Crippen LogP contribution is 2.19. The lowest BCUT2D eigenvalue weighted by molar-refractivity contribution is -0.117. The average Bonchev–Trinajstić information content (AvgIpc) is 2.56. The molecule has 2 aromatic rings. The molecule has 2 rings (SSSR count). The molecule has 0 aliphatic heterocycles. The van der Waals surface area contributed by atoms with E-state index in [1.165, 1.54) is 5.56 Å². The number of nitrogens with zero attached hydrogens (tertiary/aromatic N) is 1. The Morgan fingerprint density at radius 2 is 1.92 bits per heavy atom. The smallest absolute Gasteiger partial charge is 0.238 e. The number of rotatable bonds is 8. The van der Waals surface area contributed by atoms with Crippen molar-refractivity contribution < 1.29 is 4.79 Å². The van der Waals surface area contributed by atoms with E-state index in [1.807, 2.05) is 43.3 Å². The molecule has 1 amide bonds. The van der Waals surface area contributed by atoms with Crippen LogP contribution in [0.15, 0.2) is 53.0 Å². The maximum Gasteiger partial charge on any atom is 0.238 e. The highest BCUT2D eigenvalue weighted by Gasteiger charge is 2.11. The summed E-state index contributed by atoms with van der Waals surface area (Å²) in [6.07, 6.45) is 0.908. The quantitative estimate of drug-likeness (QED) is 0.728. The number of anilines is 1. The second kappa shape index (κ2) is 9.57. The molecule has 2 aromatic carbocycles. The summed E-state index contributed by atoms with van der Waals surface area (Å²) in [6, 6.07) is 16.1. The molecule has 0 atom stereocenters. The second-order valence-corrected chi connectivity index (χ2v) is 6.72. The molecule has 0 saturated carbocycles. The van der Waals surface area contributed by atoms with Crippen LogP contribution in [-0.2, 0) is 11.2 Å². The standard InChI is InChI=1S/C19H24BrN3O/c1-15-13-17(20)7-8-18(15)22-19(24)14-23(12-10-21)11-9-16-5-3-2-4-6-16/h2-8,13H,9-12,14,21H2,1H3,(H,22,24). The van der Waals surface area contributed by atoms with Crippen molar-refractivity contribution in [3.05, 3.63) is 64.1 Å². The molecule has 3 N–H and O–H groups in total. The average molecular weight is 390 g/mol. The topological polar surface area (TPSA) is 58.4 Å². The molecule has 0 unspecified atom stereocenters. The van der Waals surface area contributed by atoms with Gasteiger partial charge >= 0.3 is 0 Å². The molecule has 4 nitrogen and oxygen atoms in total. The van der Waals surface area contributed by atoms with Gasteiger partial charge in [0.25, 0.3) is 0 Å². The first-order chi connectivity index (χ1) is 11.6. The molecule has 0 bridgehead atoms. The van der Waals surface area contributed by atoms with Crippen LogP contribution in [-0.4, -0.2) is 37.0 Å². The number of nitrogens with two attached hydrogens (primary N) is 1. The predicted octanol–water partition coefficient (Wildman–Crippen LogP) is 3.20. The highest BCUT2D eigenvalue weighted by molar-refractivity contribution is 9.10. The van der Waals surface area contributed by atoms with Crippen molar-refractivity contribution >= 4 is 27.5 Å². The van der Waals surface area contributed by atoms with E-state index in [-0.39, 0.29) is 5.91 Å². The van der Waals surface area contributed by atoms with E-state index >= 15 is 0 Å². The largest absolute Gasteiger partial charge is 0.329 e. The minimum absolute atomic E-state index is 0.0121. The zero-order valence-electron chi connectivity index (χ0n) is 14.0. The molecular weight excluding hydrogens is 366 g/mol. The normalized spacial score (nSPS) is 10.8. The summed E-state index contributed by atoms with van der Waals surface area (Å²) in [5.74, 6) is -0.0121. The Labute approximate surface area is 152 Å². The third-order valence-electron chi connectivity index (χ3n) is 3.83. The van der Waals surface area contributed by atoms with Crippen LogP contribution >= 0.6 is 15.9 Å². The van der Waals surface area contributed by atoms with Crippen molar-refractivity contribution in [2.75, 3.05) is 31.5 Å². The third-order valence-corrected chi connectivity index (χ3v) is 4.33. The van der Waals surface area contributed by atoms with Gasteiger partial charge in [0, 0.05) is 29.8 Å². The van der Waals surface area contributed by atoms with Gasteiger partial charge in [-0.15, -0.1) is 0 Å². The number of carbonyl (C=O) groups excluding carboxylic acids is 1. The van der Waals surface area contributed by atoms with Gasteiger partial charge in [-0.25, -0.2) is 0 Å². The van der Waals surface area contributed by atoms with Crippen LogP contribution in [0.2, 0.25) is 0 Å². The van der Waals surface area contributed by atoms with E-state index < -0.39 is 0 Å². The first kappa shape index (κ1) is 18.6. The third kappa shape index (κ3) is 6.07. The molecule has 24 heavy (non-hydrogen) atoms. The van der Waals surface area contributed by atoms with Crippen LogP contribution < -0.4 is 11.1 Å². The number of carbonyl (C=O) groups is 1. The Morgan fingerprint density at radius 1 is 1.17 bits per heavy atom. The van der Waals surface area contributed by atoms with Gasteiger partial charge in [0.1, 0.15) is 0 Å². The number of benzene rings is 2. The monoisotopic (exact) mass is 389 g/mol. The van der Waals surface area contributed by atoms with Crippen molar-refractivity contribution in [2.24, 2.45) is 5.73 Å². The molecule has 5 heteroatoms. The van der Waals surface area contributed by atoms with Gasteiger partial charge in [0.15, 0.2) is 0 Å². The lowest BCUT2D eigenvalue weighted by Crippen LogP contribution is -2.38. The highest BCUT2D eigenvalue weighted by atomic mass is 79.9. The van der Waals surface area contributed by atoms with Gasteiger partial charge in [-0.2, -0.15) is 0 Å². The van der Waals surface area contributed by atoms with Crippen LogP contribution in [0.1, 0.15) is 11.1 Å². The van der Waals surface area contributed by atoms with Crippen molar-refractivity contribution in [3.8, 4) is 0 Å². The Morgan fingerprint density at radius 3 is 2.58 bits per heavy atom. The predicted molar refractivity (Wildman–Crippen MR) is 103 cm³/mol. The van der Waals surface area contributed by atoms with Crippen molar-refractivity contribution in [3.63, 3.8) is 0 Å². The first-order valence-corrected chi connectivity index (χ1v) is 8.90. The SMILES string of the molecule is Cc1cc(Br)ccc1NC(=O)CN(CCN)CCc1ccccc1. The number of aryl methyl sites for hydroxylation is 1. The van der Waals surface area contributed by atoms with E-state index in [9.17, 15) is 4.79 Å².